The molecule has 0 aliphatic carbocycles. The van der Waals surface area contributed by atoms with Gasteiger partial charge in [-0.15, -0.1) is 21.5 Å². The van der Waals surface area contributed by atoms with Crippen molar-refractivity contribution in [2.24, 2.45) is 0 Å². The molecule has 3 aromatic rings. The summed E-state index contributed by atoms with van der Waals surface area (Å²) in [5.74, 6) is 0.803. The quantitative estimate of drug-likeness (QED) is 0.624. The number of nitrogens with zero attached hydrogens (tertiary/aromatic N) is 4. The van der Waals surface area contributed by atoms with E-state index in [1.165, 1.54) is 4.88 Å². The summed E-state index contributed by atoms with van der Waals surface area (Å²) in [6.45, 7) is 2.06. The summed E-state index contributed by atoms with van der Waals surface area (Å²) in [6.07, 6.45) is 1.64. The summed E-state index contributed by atoms with van der Waals surface area (Å²) in [6, 6.07) is 5.79. The Labute approximate surface area is 101 Å². The number of rotatable bonds is 1. The monoisotopic (exact) mass is 250 g/mol. The zero-order valence-corrected chi connectivity index (χ0v) is 9.96. The highest BCUT2D eigenvalue weighted by atomic mass is 35.5. The van der Waals surface area contributed by atoms with E-state index in [4.69, 9.17) is 11.6 Å². The highest BCUT2D eigenvalue weighted by Crippen LogP contribution is 2.26. The van der Waals surface area contributed by atoms with Crippen molar-refractivity contribution in [3.05, 3.63) is 34.6 Å². The predicted octanol–water partition coefficient (Wildman–Crippen LogP) is 2.81. The van der Waals surface area contributed by atoms with Crippen LogP contribution in [0.4, 0.5) is 0 Å². The van der Waals surface area contributed by atoms with E-state index in [-0.39, 0.29) is 0 Å². The summed E-state index contributed by atoms with van der Waals surface area (Å²) in [4.78, 5) is 6.35. The van der Waals surface area contributed by atoms with E-state index in [1.807, 2.05) is 10.5 Å². The van der Waals surface area contributed by atoms with Crippen LogP contribution < -0.4 is 0 Å². The lowest BCUT2D eigenvalue weighted by Crippen LogP contribution is -1.89. The molecule has 0 saturated carbocycles. The van der Waals surface area contributed by atoms with Crippen LogP contribution in [0.15, 0.2) is 24.5 Å². The van der Waals surface area contributed by atoms with Crippen LogP contribution in [0, 0.1) is 6.92 Å². The van der Waals surface area contributed by atoms with Crippen molar-refractivity contribution in [3.8, 4) is 10.7 Å². The van der Waals surface area contributed by atoms with E-state index in [2.05, 4.69) is 28.2 Å². The van der Waals surface area contributed by atoms with Crippen molar-refractivity contribution in [2.75, 3.05) is 0 Å². The van der Waals surface area contributed by atoms with E-state index in [1.54, 1.807) is 23.7 Å². The fourth-order valence-electron chi connectivity index (χ4n) is 1.50. The average molecular weight is 251 g/mol. The van der Waals surface area contributed by atoms with Crippen LogP contribution >= 0.6 is 22.9 Å². The fourth-order valence-corrected chi connectivity index (χ4v) is 2.49. The standard InChI is InChI=1S/C10H7ClN4S/c1-6-2-3-7(16-6)10-14-13-9-4-8(11)12-5-15(9)10/h2-5H,1H3. The number of aryl methyl sites for hydroxylation is 1. The second-order valence-electron chi connectivity index (χ2n) is 3.37. The van der Waals surface area contributed by atoms with Crippen molar-refractivity contribution in [1.82, 2.24) is 19.6 Å². The van der Waals surface area contributed by atoms with Crippen molar-refractivity contribution in [2.45, 2.75) is 6.92 Å². The predicted molar refractivity (Wildman–Crippen MR) is 63.8 cm³/mol. The number of aromatic nitrogens is 4. The first-order valence-electron chi connectivity index (χ1n) is 4.67. The highest BCUT2D eigenvalue weighted by molar-refractivity contribution is 7.15. The third-order valence-electron chi connectivity index (χ3n) is 2.23. The van der Waals surface area contributed by atoms with Gasteiger partial charge < -0.3 is 0 Å². The molecule has 0 saturated heterocycles. The molecule has 0 aromatic carbocycles. The van der Waals surface area contributed by atoms with E-state index in [9.17, 15) is 0 Å². The lowest BCUT2D eigenvalue weighted by molar-refractivity contribution is 1.08. The Kier molecular flexibility index (Phi) is 2.15. The third-order valence-corrected chi connectivity index (χ3v) is 3.43. The van der Waals surface area contributed by atoms with E-state index in [0.717, 1.165) is 10.7 Å². The molecule has 4 nitrogen and oxygen atoms in total. The van der Waals surface area contributed by atoms with E-state index < -0.39 is 0 Å². The Hall–Kier alpha value is -1.46. The maximum absolute atomic E-state index is 5.79. The largest absolute Gasteiger partial charge is 0.264 e. The maximum Gasteiger partial charge on any atom is 0.179 e. The van der Waals surface area contributed by atoms with Crippen LogP contribution in [0.5, 0.6) is 0 Å². The van der Waals surface area contributed by atoms with Gasteiger partial charge in [-0.05, 0) is 19.1 Å². The lowest BCUT2D eigenvalue weighted by Gasteiger charge is -1.95. The SMILES string of the molecule is Cc1ccc(-c2nnc3cc(Cl)ncn23)s1. The van der Waals surface area contributed by atoms with Gasteiger partial charge in [0.05, 0.1) is 4.88 Å². The maximum atomic E-state index is 5.79. The van der Waals surface area contributed by atoms with E-state index in [0.29, 0.717) is 10.8 Å². The molecule has 0 spiro atoms. The second kappa shape index (κ2) is 3.54. The number of fused-ring (bicyclic) bond motifs is 1. The average Bonchev–Trinajstić information content (AvgIpc) is 2.83. The summed E-state index contributed by atoms with van der Waals surface area (Å²) < 4.78 is 1.83. The third kappa shape index (κ3) is 1.48. The van der Waals surface area contributed by atoms with Gasteiger partial charge in [-0.2, -0.15) is 0 Å². The Balaban J connectivity index is 2.25. The van der Waals surface area contributed by atoms with Crippen LogP contribution in [0.1, 0.15) is 4.88 Å². The zero-order chi connectivity index (χ0) is 11.1. The molecule has 0 unspecified atom stereocenters. The molecule has 0 amide bonds. The first-order valence-corrected chi connectivity index (χ1v) is 5.86. The van der Waals surface area contributed by atoms with Gasteiger partial charge in [0.15, 0.2) is 11.5 Å². The first kappa shape index (κ1) is 9.74. The Bertz CT molecular complexity index is 658. The van der Waals surface area contributed by atoms with Gasteiger partial charge in [-0.3, -0.25) is 4.40 Å². The van der Waals surface area contributed by atoms with Crippen molar-refractivity contribution >= 4 is 28.6 Å². The van der Waals surface area contributed by atoms with Crippen LogP contribution in [0.3, 0.4) is 0 Å². The number of hydrogen-bond donors (Lipinski definition) is 0. The molecule has 6 heteroatoms. The normalized spacial score (nSPS) is 11.1. The van der Waals surface area contributed by atoms with Crippen LogP contribution in [-0.4, -0.2) is 19.6 Å². The topological polar surface area (TPSA) is 43.1 Å². The summed E-state index contributed by atoms with van der Waals surface area (Å²) in [7, 11) is 0. The fraction of sp³-hybridized carbons (Fsp3) is 0.100. The minimum Gasteiger partial charge on any atom is -0.264 e. The molecular weight excluding hydrogens is 244 g/mol. The molecule has 0 N–H and O–H groups in total. The second-order valence-corrected chi connectivity index (χ2v) is 5.05. The minimum absolute atomic E-state index is 0.425. The molecule has 0 atom stereocenters. The zero-order valence-electron chi connectivity index (χ0n) is 8.38. The van der Waals surface area contributed by atoms with Crippen molar-refractivity contribution in [1.29, 1.82) is 0 Å². The number of halogens is 1. The van der Waals surface area contributed by atoms with Crippen molar-refractivity contribution < 1.29 is 0 Å². The first-order chi connectivity index (χ1) is 7.74. The Morgan fingerprint density at radius 1 is 1.31 bits per heavy atom. The molecule has 0 aliphatic heterocycles. The molecule has 0 fully saturated rings. The molecule has 0 aliphatic rings. The van der Waals surface area contributed by atoms with E-state index >= 15 is 0 Å². The molecule has 3 heterocycles. The lowest BCUT2D eigenvalue weighted by atomic mass is 10.4. The molecule has 80 valence electrons. The van der Waals surface area contributed by atoms with Gasteiger partial charge >= 0.3 is 0 Å². The Morgan fingerprint density at radius 3 is 2.94 bits per heavy atom. The Morgan fingerprint density at radius 2 is 2.19 bits per heavy atom. The number of hydrogen-bond acceptors (Lipinski definition) is 4. The van der Waals surface area contributed by atoms with Crippen LogP contribution in [0.25, 0.3) is 16.3 Å². The molecular formula is C10H7ClN4S. The van der Waals surface area contributed by atoms with Gasteiger partial charge in [-0.1, -0.05) is 11.6 Å². The summed E-state index contributed by atoms with van der Waals surface area (Å²) in [5, 5.41) is 8.63. The summed E-state index contributed by atoms with van der Waals surface area (Å²) >= 11 is 7.47. The van der Waals surface area contributed by atoms with Crippen LogP contribution in [-0.2, 0) is 0 Å². The molecule has 3 rings (SSSR count). The highest BCUT2D eigenvalue weighted by Gasteiger charge is 2.10. The summed E-state index contributed by atoms with van der Waals surface area (Å²) in [5.41, 5.74) is 0.709. The molecule has 3 aromatic heterocycles. The van der Waals surface area contributed by atoms with Gasteiger partial charge in [0.2, 0.25) is 0 Å². The van der Waals surface area contributed by atoms with Gasteiger partial charge in [0.1, 0.15) is 11.5 Å². The molecule has 0 radical (unpaired) electrons. The van der Waals surface area contributed by atoms with Crippen molar-refractivity contribution in [3.63, 3.8) is 0 Å². The van der Waals surface area contributed by atoms with Gasteiger partial charge in [0, 0.05) is 10.9 Å². The molecule has 16 heavy (non-hydrogen) atoms. The van der Waals surface area contributed by atoms with Crippen LogP contribution in [0.2, 0.25) is 5.15 Å². The molecule has 0 bridgehead atoms. The minimum atomic E-state index is 0.425. The number of thiophene rings is 1. The van der Waals surface area contributed by atoms with Gasteiger partial charge in [-0.25, -0.2) is 4.98 Å². The smallest absolute Gasteiger partial charge is 0.179 e. The van der Waals surface area contributed by atoms with Gasteiger partial charge in [0.25, 0.3) is 0 Å².